The van der Waals surface area contributed by atoms with Crippen molar-refractivity contribution in [3.8, 4) is 16.3 Å². The van der Waals surface area contributed by atoms with Gasteiger partial charge in [-0.25, -0.2) is 4.98 Å². The molecular formula is C32H27N5OS. The molecular weight excluding hydrogens is 502 g/mol. The van der Waals surface area contributed by atoms with Gasteiger partial charge in [-0.05, 0) is 60.7 Å². The quantitative estimate of drug-likeness (QED) is 0.192. The lowest BCUT2D eigenvalue weighted by atomic mass is 10.2. The van der Waals surface area contributed by atoms with E-state index in [9.17, 15) is 0 Å². The topological polar surface area (TPSA) is 64.0 Å². The zero-order valence-corrected chi connectivity index (χ0v) is 22.2. The molecule has 0 atom stereocenters. The van der Waals surface area contributed by atoms with Gasteiger partial charge in [-0.2, -0.15) is 0 Å². The Kier molecular flexibility index (Phi) is 7.61. The van der Waals surface area contributed by atoms with Gasteiger partial charge < -0.3 is 4.74 Å². The van der Waals surface area contributed by atoms with Gasteiger partial charge in [-0.15, -0.1) is 11.3 Å². The standard InChI is InChI=1S/C32H27N5OS/c1-3-16-30(28(14-1)32-36-29-15-2-4-17-31(29)39-32)38-23-27-13-9-12-26(35-27)22-37(20-24-10-5-7-18-33-24)21-25-11-6-8-19-34-25/h1-19H,20-23H2. The smallest absolute Gasteiger partial charge is 0.130 e. The van der Waals surface area contributed by atoms with Gasteiger partial charge in [-0.3, -0.25) is 19.9 Å². The molecule has 0 saturated heterocycles. The lowest BCUT2D eigenvalue weighted by Gasteiger charge is -2.21. The molecule has 0 aliphatic rings. The SMILES string of the molecule is c1ccc(CN(Cc2ccccn2)Cc2cccc(COc3ccccc3-c3nc4ccccc4s3)n2)nc1. The molecule has 6 nitrogen and oxygen atoms in total. The molecule has 4 heterocycles. The van der Waals surface area contributed by atoms with Crippen molar-refractivity contribution in [1.29, 1.82) is 0 Å². The largest absolute Gasteiger partial charge is 0.487 e. The van der Waals surface area contributed by atoms with Crippen molar-refractivity contribution in [2.24, 2.45) is 0 Å². The highest BCUT2D eigenvalue weighted by atomic mass is 32.1. The fourth-order valence-corrected chi connectivity index (χ4v) is 5.44. The Morgan fingerprint density at radius 1 is 0.590 bits per heavy atom. The molecule has 0 N–H and O–H groups in total. The van der Waals surface area contributed by atoms with E-state index in [1.807, 2.05) is 97.3 Å². The molecule has 0 amide bonds. The third-order valence-corrected chi connectivity index (χ3v) is 7.33. The third-order valence-electron chi connectivity index (χ3n) is 6.26. The van der Waals surface area contributed by atoms with Crippen LogP contribution in [0.5, 0.6) is 5.75 Å². The van der Waals surface area contributed by atoms with Crippen LogP contribution >= 0.6 is 11.3 Å². The number of benzene rings is 2. The van der Waals surface area contributed by atoms with Crippen LogP contribution in [-0.2, 0) is 26.2 Å². The van der Waals surface area contributed by atoms with Crippen LogP contribution in [-0.4, -0.2) is 24.8 Å². The predicted octanol–water partition coefficient (Wildman–Crippen LogP) is 6.93. The van der Waals surface area contributed by atoms with Crippen LogP contribution in [0.25, 0.3) is 20.8 Å². The van der Waals surface area contributed by atoms with Gasteiger partial charge >= 0.3 is 0 Å². The van der Waals surface area contributed by atoms with Gasteiger partial charge in [0.2, 0.25) is 0 Å². The fraction of sp³-hybridized carbons (Fsp3) is 0.125. The fourth-order valence-electron chi connectivity index (χ4n) is 4.44. The first-order valence-electron chi connectivity index (χ1n) is 12.8. The van der Waals surface area contributed by atoms with Crippen LogP contribution in [0.4, 0.5) is 0 Å². The van der Waals surface area contributed by atoms with Crippen molar-refractivity contribution in [3.63, 3.8) is 0 Å². The Labute approximate surface area is 231 Å². The normalized spacial score (nSPS) is 11.2. The summed E-state index contributed by atoms with van der Waals surface area (Å²) in [4.78, 5) is 21.1. The van der Waals surface area contributed by atoms with Crippen LogP contribution in [0.15, 0.2) is 116 Å². The molecule has 7 heteroatoms. The Morgan fingerprint density at radius 2 is 1.23 bits per heavy atom. The predicted molar refractivity (Wildman–Crippen MR) is 155 cm³/mol. The van der Waals surface area contributed by atoms with Gasteiger partial charge in [0.1, 0.15) is 17.4 Å². The summed E-state index contributed by atoms with van der Waals surface area (Å²) in [6, 6.07) is 34.4. The van der Waals surface area contributed by atoms with E-state index in [-0.39, 0.29) is 0 Å². The van der Waals surface area contributed by atoms with Gasteiger partial charge in [0.15, 0.2) is 0 Å². The molecule has 0 aliphatic carbocycles. The number of aromatic nitrogens is 4. The van der Waals surface area contributed by atoms with E-state index < -0.39 is 0 Å². The molecule has 0 saturated carbocycles. The van der Waals surface area contributed by atoms with Crippen molar-refractivity contribution in [3.05, 3.63) is 138 Å². The maximum Gasteiger partial charge on any atom is 0.130 e. The number of ether oxygens (including phenoxy) is 1. The van der Waals surface area contributed by atoms with Gasteiger partial charge in [0.05, 0.1) is 38.6 Å². The molecule has 39 heavy (non-hydrogen) atoms. The zero-order chi connectivity index (χ0) is 26.3. The molecule has 0 aliphatic heterocycles. The summed E-state index contributed by atoms with van der Waals surface area (Å²) >= 11 is 1.67. The van der Waals surface area contributed by atoms with E-state index >= 15 is 0 Å². The number of pyridine rings is 3. The molecule has 0 radical (unpaired) electrons. The summed E-state index contributed by atoms with van der Waals surface area (Å²) in [5.74, 6) is 0.802. The first-order chi connectivity index (χ1) is 19.3. The number of hydrogen-bond acceptors (Lipinski definition) is 7. The number of para-hydroxylation sites is 2. The molecule has 0 spiro atoms. The Bertz CT molecular complexity index is 1580. The molecule has 192 valence electrons. The molecule has 6 aromatic rings. The van der Waals surface area contributed by atoms with Crippen molar-refractivity contribution in [1.82, 2.24) is 24.8 Å². The van der Waals surface area contributed by atoms with E-state index in [1.165, 1.54) is 0 Å². The molecule has 0 unspecified atom stereocenters. The average Bonchev–Trinajstić information content (AvgIpc) is 3.42. The maximum atomic E-state index is 6.30. The summed E-state index contributed by atoms with van der Waals surface area (Å²) in [6.45, 7) is 2.45. The van der Waals surface area contributed by atoms with Crippen LogP contribution in [0.3, 0.4) is 0 Å². The van der Waals surface area contributed by atoms with Crippen LogP contribution in [0, 0.1) is 0 Å². The lowest BCUT2D eigenvalue weighted by Crippen LogP contribution is -2.24. The number of rotatable bonds is 10. The number of hydrogen-bond donors (Lipinski definition) is 0. The second kappa shape index (κ2) is 11.9. The van der Waals surface area contributed by atoms with Gasteiger partial charge in [-0.1, -0.05) is 42.5 Å². The highest BCUT2D eigenvalue weighted by Crippen LogP contribution is 2.35. The summed E-state index contributed by atoms with van der Waals surface area (Å²) in [7, 11) is 0. The van der Waals surface area contributed by atoms with Crippen molar-refractivity contribution >= 4 is 21.6 Å². The van der Waals surface area contributed by atoms with Crippen LogP contribution < -0.4 is 4.74 Å². The van der Waals surface area contributed by atoms with Crippen LogP contribution in [0.1, 0.15) is 22.8 Å². The van der Waals surface area contributed by atoms with Crippen LogP contribution in [0.2, 0.25) is 0 Å². The highest BCUT2D eigenvalue weighted by molar-refractivity contribution is 7.21. The first kappa shape index (κ1) is 24.9. The van der Waals surface area contributed by atoms with Crippen molar-refractivity contribution < 1.29 is 4.74 Å². The second-order valence-corrected chi connectivity index (χ2v) is 10.2. The lowest BCUT2D eigenvalue weighted by molar-refractivity contribution is 0.237. The van der Waals surface area contributed by atoms with Gasteiger partial charge in [0.25, 0.3) is 0 Å². The molecule has 0 fully saturated rings. The Balaban J connectivity index is 1.18. The minimum atomic E-state index is 0.371. The van der Waals surface area contributed by atoms with E-state index in [2.05, 4.69) is 33.1 Å². The summed E-state index contributed by atoms with van der Waals surface area (Å²) in [6.07, 6.45) is 3.66. The second-order valence-electron chi connectivity index (χ2n) is 9.18. The summed E-state index contributed by atoms with van der Waals surface area (Å²) in [5, 5.41) is 0.952. The number of thiazole rings is 1. The van der Waals surface area contributed by atoms with Crippen molar-refractivity contribution in [2.45, 2.75) is 26.2 Å². The average molecular weight is 530 g/mol. The van der Waals surface area contributed by atoms with Gasteiger partial charge in [0, 0.05) is 32.0 Å². The zero-order valence-electron chi connectivity index (χ0n) is 21.4. The molecule has 4 aromatic heterocycles. The number of nitrogens with zero attached hydrogens (tertiary/aromatic N) is 5. The minimum Gasteiger partial charge on any atom is -0.487 e. The summed E-state index contributed by atoms with van der Waals surface area (Å²) in [5.41, 5.74) is 5.87. The Hall–Kier alpha value is -4.46. The van der Waals surface area contributed by atoms with E-state index in [0.29, 0.717) is 26.2 Å². The highest BCUT2D eigenvalue weighted by Gasteiger charge is 2.13. The molecule has 0 bridgehead atoms. The summed E-state index contributed by atoms with van der Waals surface area (Å²) < 4.78 is 7.46. The number of fused-ring (bicyclic) bond motifs is 1. The first-order valence-corrected chi connectivity index (χ1v) is 13.7. The van der Waals surface area contributed by atoms with E-state index in [0.717, 1.165) is 49.3 Å². The molecule has 6 rings (SSSR count). The third kappa shape index (κ3) is 6.34. The van der Waals surface area contributed by atoms with Crippen molar-refractivity contribution in [2.75, 3.05) is 0 Å². The minimum absolute atomic E-state index is 0.371. The van der Waals surface area contributed by atoms with E-state index in [1.54, 1.807) is 11.3 Å². The Morgan fingerprint density at radius 3 is 1.97 bits per heavy atom. The van der Waals surface area contributed by atoms with E-state index in [4.69, 9.17) is 14.7 Å². The maximum absolute atomic E-state index is 6.30. The molecule has 2 aromatic carbocycles. The monoisotopic (exact) mass is 529 g/mol.